The molecule has 2 nitrogen and oxygen atoms in total. The second-order valence-electron chi connectivity index (χ2n) is 6.33. The molecule has 0 heterocycles. The lowest BCUT2D eigenvalue weighted by atomic mass is 9.95. The fourth-order valence-electron chi connectivity index (χ4n) is 3.21. The van der Waals surface area contributed by atoms with E-state index in [1.54, 1.807) is 0 Å². The van der Waals surface area contributed by atoms with Gasteiger partial charge >= 0.3 is 0 Å². The van der Waals surface area contributed by atoms with Gasteiger partial charge in [0.25, 0.3) is 0 Å². The minimum atomic E-state index is 0.168. The highest BCUT2D eigenvalue weighted by Gasteiger charge is 2.18. The summed E-state index contributed by atoms with van der Waals surface area (Å²) in [7, 11) is 0. The van der Waals surface area contributed by atoms with Gasteiger partial charge in [-0.05, 0) is 28.7 Å². The predicted octanol–water partition coefficient (Wildman–Crippen LogP) is 4.98. The second-order valence-corrected chi connectivity index (χ2v) is 6.33. The molecule has 25 heavy (non-hydrogen) atoms. The molecule has 0 aliphatic carbocycles. The van der Waals surface area contributed by atoms with Gasteiger partial charge in [-0.2, -0.15) is 0 Å². The third-order valence-corrected chi connectivity index (χ3v) is 4.66. The fraction of sp³-hybridized carbons (Fsp3) is 0.217. The van der Waals surface area contributed by atoms with Crippen LogP contribution in [0.4, 0.5) is 0 Å². The summed E-state index contributed by atoms with van der Waals surface area (Å²) in [5, 5.41) is 3.86. The van der Waals surface area contributed by atoms with Crippen LogP contribution in [0.5, 0.6) is 0 Å². The third kappa shape index (κ3) is 4.36. The molecule has 3 aromatic rings. The molecule has 0 bridgehead atoms. The summed E-state index contributed by atoms with van der Waals surface area (Å²) in [5.41, 5.74) is 10.8. The molecule has 3 rings (SSSR count). The van der Waals surface area contributed by atoms with Crippen LogP contribution in [0, 0.1) is 0 Å². The van der Waals surface area contributed by atoms with Crippen molar-refractivity contribution >= 4 is 0 Å². The summed E-state index contributed by atoms with van der Waals surface area (Å²) >= 11 is 0. The molecule has 0 aliphatic rings. The van der Waals surface area contributed by atoms with Crippen LogP contribution in [-0.4, -0.2) is 0 Å². The highest BCUT2D eigenvalue weighted by atomic mass is 15.0. The summed E-state index contributed by atoms with van der Waals surface area (Å²) in [5.74, 6) is 0. The number of hydrogen-bond acceptors (Lipinski definition) is 2. The van der Waals surface area contributed by atoms with Crippen molar-refractivity contribution < 1.29 is 0 Å². The van der Waals surface area contributed by atoms with Crippen LogP contribution in [0.3, 0.4) is 0 Å². The van der Waals surface area contributed by atoms with Crippen LogP contribution >= 0.6 is 0 Å². The highest BCUT2D eigenvalue weighted by Crippen LogP contribution is 2.27. The SMILES string of the molecule is CCC(NC(c1ccccc1)c1ccccc1)c1ccc(CN)cc1. The Balaban J connectivity index is 1.90. The van der Waals surface area contributed by atoms with E-state index in [4.69, 9.17) is 5.73 Å². The lowest BCUT2D eigenvalue weighted by Crippen LogP contribution is -2.27. The van der Waals surface area contributed by atoms with Gasteiger partial charge in [0.05, 0.1) is 6.04 Å². The predicted molar refractivity (Wildman–Crippen MR) is 105 cm³/mol. The zero-order chi connectivity index (χ0) is 17.5. The number of rotatable bonds is 7. The minimum Gasteiger partial charge on any atom is -0.326 e. The van der Waals surface area contributed by atoms with E-state index >= 15 is 0 Å². The molecule has 1 atom stereocenters. The van der Waals surface area contributed by atoms with Gasteiger partial charge in [0.1, 0.15) is 0 Å². The van der Waals surface area contributed by atoms with Gasteiger partial charge in [0.2, 0.25) is 0 Å². The lowest BCUT2D eigenvalue weighted by molar-refractivity contribution is 0.474. The lowest BCUT2D eigenvalue weighted by Gasteiger charge is -2.26. The maximum atomic E-state index is 5.73. The van der Waals surface area contributed by atoms with E-state index in [1.165, 1.54) is 22.3 Å². The van der Waals surface area contributed by atoms with E-state index in [0.29, 0.717) is 6.54 Å². The molecule has 0 aliphatic heterocycles. The molecule has 2 heteroatoms. The average Bonchev–Trinajstić information content (AvgIpc) is 2.70. The monoisotopic (exact) mass is 330 g/mol. The Morgan fingerprint density at radius 3 is 1.68 bits per heavy atom. The fourth-order valence-corrected chi connectivity index (χ4v) is 3.21. The largest absolute Gasteiger partial charge is 0.326 e. The first kappa shape index (κ1) is 17.4. The molecular weight excluding hydrogens is 304 g/mol. The Morgan fingerprint density at radius 1 is 0.720 bits per heavy atom. The summed E-state index contributed by atoms with van der Waals surface area (Å²) in [6.07, 6.45) is 1.03. The zero-order valence-electron chi connectivity index (χ0n) is 14.7. The molecule has 0 saturated carbocycles. The van der Waals surface area contributed by atoms with E-state index in [0.717, 1.165) is 6.42 Å². The van der Waals surface area contributed by atoms with Crippen molar-refractivity contribution in [2.75, 3.05) is 0 Å². The normalized spacial score (nSPS) is 12.3. The Kier molecular flexibility index (Phi) is 5.99. The first-order chi connectivity index (χ1) is 12.3. The van der Waals surface area contributed by atoms with Gasteiger partial charge in [-0.25, -0.2) is 0 Å². The molecule has 0 radical (unpaired) electrons. The Labute approximate surface area is 150 Å². The molecule has 128 valence electrons. The van der Waals surface area contributed by atoms with Crippen LogP contribution in [0.1, 0.15) is 47.7 Å². The van der Waals surface area contributed by atoms with Crippen molar-refractivity contribution in [1.29, 1.82) is 0 Å². The summed E-state index contributed by atoms with van der Waals surface area (Å²) < 4.78 is 0. The molecular formula is C23H26N2. The Bertz CT molecular complexity index is 712. The van der Waals surface area contributed by atoms with E-state index in [9.17, 15) is 0 Å². The van der Waals surface area contributed by atoms with Gasteiger partial charge in [0, 0.05) is 12.6 Å². The van der Waals surface area contributed by atoms with E-state index in [1.807, 2.05) is 0 Å². The van der Waals surface area contributed by atoms with Crippen molar-refractivity contribution in [3.05, 3.63) is 107 Å². The second kappa shape index (κ2) is 8.61. The molecule has 0 aromatic heterocycles. The van der Waals surface area contributed by atoms with Gasteiger partial charge in [-0.1, -0.05) is 91.9 Å². The standard InChI is InChI=1S/C23H26N2/c1-2-22(19-15-13-18(17-24)14-16-19)25-23(20-9-5-3-6-10-20)21-11-7-4-8-12-21/h3-16,22-23,25H,2,17,24H2,1H3. The van der Waals surface area contributed by atoms with Crippen LogP contribution in [0.25, 0.3) is 0 Å². The molecule has 0 fully saturated rings. The Morgan fingerprint density at radius 2 is 1.24 bits per heavy atom. The van der Waals surface area contributed by atoms with Gasteiger partial charge in [0.15, 0.2) is 0 Å². The van der Waals surface area contributed by atoms with Crippen molar-refractivity contribution in [3.63, 3.8) is 0 Å². The zero-order valence-corrected chi connectivity index (χ0v) is 14.7. The van der Waals surface area contributed by atoms with E-state index in [-0.39, 0.29) is 12.1 Å². The van der Waals surface area contributed by atoms with Gasteiger partial charge < -0.3 is 5.73 Å². The number of benzene rings is 3. The van der Waals surface area contributed by atoms with Crippen molar-refractivity contribution in [2.45, 2.75) is 32.0 Å². The summed E-state index contributed by atoms with van der Waals surface area (Å²) in [6, 6.07) is 30.4. The quantitative estimate of drug-likeness (QED) is 0.641. The average molecular weight is 330 g/mol. The molecule has 0 saturated heterocycles. The van der Waals surface area contributed by atoms with Crippen molar-refractivity contribution in [1.82, 2.24) is 5.32 Å². The topological polar surface area (TPSA) is 38.0 Å². The number of nitrogens with two attached hydrogens (primary N) is 1. The summed E-state index contributed by atoms with van der Waals surface area (Å²) in [6.45, 7) is 2.81. The first-order valence-corrected chi connectivity index (χ1v) is 8.96. The maximum Gasteiger partial charge on any atom is 0.0581 e. The van der Waals surface area contributed by atoms with Crippen LogP contribution in [-0.2, 0) is 6.54 Å². The van der Waals surface area contributed by atoms with Gasteiger partial charge in [-0.15, -0.1) is 0 Å². The van der Waals surface area contributed by atoms with Crippen molar-refractivity contribution in [3.8, 4) is 0 Å². The van der Waals surface area contributed by atoms with E-state index in [2.05, 4.69) is 97.2 Å². The van der Waals surface area contributed by atoms with Gasteiger partial charge in [-0.3, -0.25) is 5.32 Å². The molecule has 1 unspecified atom stereocenters. The van der Waals surface area contributed by atoms with Crippen molar-refractivity contribution in [2.24, 2.45) is 5.73 Å². The highest BCUT2D eigenvalue weighted by molar-refractivity contribution is 5.33. The number of hydrogen-bond donors (Lipinski definition) is 2. The molecule has 0 spiro atoms. The molecule has 3 N–H and O–H groups in total. The van der Waals surface area contributed by atoms with Crippen LogP contribution in [0.2, 0.25) is 0 Å². The van der Waals surface area contributed by atoms with E-state index < -0.39 is 0 Å². The molecule has 0 amide bonds. The Hall–Kier alpha value is -2.42. The first-order valence-electron chi connectivity index (χ1n) is 8.96. The summed E-state index contributed by atoms with van der Waals surface area (Å²) in [4.78, 5) is 0. The van der Waals surface area contributed by atoms with Crippen LogP contribution in [0.15, 0.2) is 84.9 Å². The number of nitrogens with one attached hydrogen (secondary N) is 1. The minimum absolute atomic E-state index is 0.168. The maximum absolute atomic E-state index is 5.73. The van der Waals surface area contributed by atoms with Crippen LogP contribution < -0.4 is 11.1 Å². The third-order valence-electron chi connectivity index (χ3n) is 4.66. The smallest absolute Gasteiger partial charge is 0.0581 e. The molecule has 3 aromatic carbocycles.